The third-order valence-corrected chi connectivity index (χ3v) is 5.46. The van der Waals surface area contributed by atoms with E-state index in [1.54, 1.807) is 0 Å². The number of rotatable bonds is 3. The Kier molecular flexibility index (Phi) is 8.00. The second-order valence-corrected chi connectivity index (χ2v) is 7.68. The van der Waals surface area contributed by atoms with Crippen molar-refractivity contribution < 1.29 is 33.0 Å². The molecule has 0 aliphatic carbocycles. The predicted molar refractivity (Wildman–Crippen MR) is 110 cm³/mol. The first kappa shape index (κ1) is 24.6. The number of likely N-dealkylation sites (tertiary alicyclic amines) is 1. The van der Waals surface area contributed by atoms with Crippen molar-refractivity contribution in [3.05, 3.63) is 40.6 Å². The number of carbonyl (C=O) groups excluding carboxylic acids is 1. The maximum atomic E-state index is 13.3. The van der Waals surface area contributed by atoms with Gasteiger partial charge in [0, 0.05) is 30.3 Å². The third kappa shape index (κ3) is 5.94. The third-order valence-electron chi connectivity index (χ3n) is 5.46. The fourth-order valence-electron chi connectivity index (χ4n) is 3.71. The number of aryl methyl sites for hydroxylation is 3. The van der Waals surface area contributed by atoms with E-state index in [0.717, 1.165) is 53.5 Å². The highest BCUT2D eigenvalue weighted by atomic mass is 19.4. The van der Waals surface area contributed by atoms with Gasteiger partial charge in [0.15, 0.2) is 0 Å². The molecule has 1 aromatic carbocycles. The molecule has 3 rings (SSSR count). The lowest BCUT2D eigenvalue weighted by molar-refractivity contribution is -0.192. The average Bonchev–Trinajstić information content (AvgIpc) is 2.70. The largest absolute Gasteiger partial charge is 0.490 e. The molecule has 1 aliphatic rings. The number of carboxylic acid groups (broad SMARTS) is 1. The van der Waals surface area contributed by atoms with E-state index in [4.69, 9.17) is 9.90 Å². The van der Waals surface area contributed by atoms with Crippen LogP contribution in [-0.2, 0) is 4.79 Å². The van der Waals surface area contributed by atoms with Crippen molar-refractivity contribution in [1.29, 1.82) is 0 Å². The lowest BCUT2D eigenvalue weighted by Gasteiger charge is -2.36. The summed E-state index contributed by atoms with van der Waals surface area (Å²) in [6.45, 7) is 6.98. The van der Waals surface area contributed by atoms with Crippen molar-refractivity contribution in [2.45, 2.75) is 58.7 Å². The number of piperidine rings is 1. The van der Waals surface area contributed by atoms with Crippen LogP contribution >= 0.6 is 0 Å². The Morgan fingerprint density at radius 1 is 1.19 bits per heavy atom. The molecular formula is C22H27F3N2O4. The summed E-state index contributed by atoms with van der Waals surface area (Å²) in [6.07, 6.45) is -1.28. The van der Waals surface area contributed by atoms with Gasteiger partial charge in [0.25, 0.3) is 5.91 Å². The quantitative estimate of drug-likeness (QED) is 0.748. The molecule has 0 spiro atoms. The number of nitrogens with zero attached hydrogens (tertiary/aromatic N) is 2. The zero-order chi connectivity index (χ0) is 23.3. The molecule has 1 aliphatic heterocycles. The Labute approximate surface area is 178 Å². The Morgan fingerprint density at radius 3 is 2.42 bits per heavy atom. The first-order valence-electron chi connectivity index (χ1n) is 10.1. The van der Waals surface area contributed by atoms with E-state index in [2.05, 4.69) is 24.9 Å². The number of fused-ring (bicyclic) bond motifs is 1. The SMILES string of the molecule is Cc1cc(C(=O)N2CCCCC2CCO)c2ccc(C)c(C)c2n1.O=C(O)C(F)(F)F. The molecule has 1 unspecified atom stereocenters. The molecule has 31 heavy (non-hydrogen) atoms. The number of pyridine rings is 1. The minimum Gasteiger partial charge on any atom is -0.475 e. The lowest BCUT2D eigenvalue weighted by Crippen LogP contribution is -2.44. The number of alkyl halides is 3. The topological polar surface area (TPSA) is 90.7 Å². The Bertz CT molecular complexity index is 958. The van der Waals surface area contributed by atoms with E-state index in [9.17, 15) is 23.1 Å². The summed E-state index contributed by atoms with van der Waals surface area (Å²) in [5.74, 6) is -2.68. The number of benzene rings is 1. The van der Waals surface area contributed by atoms with Crippen molar-refractivity contribution in [2.24, 2.45) is 0 Å². The number of aliphatic carboxylic acids is 1. The van der Waals surface area contributed by atoms with Gasteiger partial charge in [-0.05, 0) is 63.6 Å². The van der Waals surface area contributed by atoms with Gasteiger partial charge in [-0.2, -0.15) is 13.2 Å². The zero-order valence-electron chi connectivity index (χ0n) is 17.8. The van der Waals surface area contributed by atoms with Crippen LogP contribution in [0.25, 0.3) is 10.9 Å². The number of carboxylic acids is 1. The van der Waals surface area contributed by atoms with Gasteiger partial charge in [0.2, 0.25) is 0 Å². The van der Waals surface area contributed by atoms with Gasteiger partial charge in [-0.3, -0.25) is 9.78 Å². The van der Waals surface area contributed by atoms with Gasteiger partial charge in [0.05, 0.1) is 11.1 Å². The number of aliphatic hydroxyl groups excluding tert-OH is 1. The van der Waals surface area contributed by atoms with Gasteiger partial charge >= 0.3 is 12.1 Å². The van der Waals surface area contributed by atoms with E-state index in [1.165, 1.54) is 5.56 Å². The van der Waals surface area contributed by atoms with Crippen LogP contribution in [0, 0.1) is 20.8 Å². The Hall–Kier alpha value is -2.68. The molecule has 1 fully saturated rings. The molecule has 6 nitrogen and oxygen atoms in total. The summed E-state index contributed by atoms with van der Waals surface area (Å²) in [5, 5.41) is 17.4. The molecule has 1 atom stereocenters. The molecule has 9 heteroatoms. The number of halogens is 3. The number of hydrogen-bond donors (Lipinski definition) is 2. The second-order valence-electron chi connectivity index (χ2n) is 7.68. The summed E-state index contributed by atoms with van der Waals surface area (Å²) in [4.78, 5) is 28.8. The number of amides is 1. The molecule has 170 valence electrons. The van der Waals surface area contributed by atoms with Crippen molar-refractivity contribution in [3.8, 4) is 0 Å². The van der Waals surface area contributed by atoms with Crippen LogP contribution in [0.15, 0.2) is 18.2 Å². The van der Waals surface area contributed by atoms with Crippen molar-refractivity contribution in [2.75, 3.05) is 13.2 Å². The Balaban J connectivity index is 0.000000423. The van der Waals surface area contributed by atoms with Crippen LogP contribution in [0.1, 0.15) is 52.9 Å². The van der Waals surface area contributed by atoms with E-state index in [0.29, 0.717) is 6.42 Å². The molecule has 1 aromatic heterocycles. The second kappa shape index (κ2) is 10.1. The highest BCUT2D eigenvalue weighted by molar-refractivity contribution is 6.07. The summed E-state index contributed by atoms with van der Waals surface area (Å²) in [6, 6.07) is 6.13. The first-order valence-corrected chi connectivity index (χ1v) is 10.1. The fourth-order valence-corrected chi connectivity index (χ4v) is 3.71. The number of aliphatic hydroxyl groups is 1. The normalized spacial score (nSPS) is 16.6. The smallest absolute Gasteiger partial charge is 0.475 e. The summed E-state index contributed by atoms with van der Waals surface area (Å²) < 4.78 is 31.7. The number of aromatic nitrogens is 1. The van der Waals surface area contributed by atoms with E-state index in [-0.39, 0.29) is 18.6 Å². The van der Waals surface area contributed by atoms with Crippen LogP contribution in [-0.4, -0.2) is 57.3 Å². The highest BCUT2D eigenvalue weighted by Crippen LogP contribution is 2.28. The molecule has 0 radical (unpaired) electrons. The number of hydrogen-bond acceptors (Lipinski definition) is 4. The zero-order valence-corrected chi connectivity index (χ0v) is 17.8. The summed E-state index contributed by atoms with van der Waals surface area (Å²) in [5.41, 5.74) is 4.86. The predicted octanol–water partition coefficient (Wildman–Crippen LogP) is 4.17. The monoisotopic (exact) mass is 440 g/mol. The van der Waals surface area contributed by atoms with Crippen LogP contribution in [0.4, 0.5) is 13.2 Å². The molecular weight excluding hydrogens is 413 g/mol. The van der Waals surface area contributed by atoms with E-state index >= 15 is 0 Å². The van der Waals surface area contributed by atoms with Gasteiger partial charge in [-0.1, -0.05) is 12.1 Å². The standard InChI is InChI=1S/C20H26N2O2.C2HF3O2/c1-13-7-8-17-18(12-14(2)21-19(17)15(13)3)20(24)22-10-5-4-6-16(22)9-11-23;3-2(4,5)1(6)7/h7-8,12,16,23H,4-6,9-11H2,1-3H3;(H,6,7). The summed E-state index contributed by atoms with van der Waals surface area (Å²) in [7, 11) is 0. The summed E-state index contributed by atoms with van der Waals surface area (Å²) >= 11 is 0. The van der Waals surface area contributed by atoms with E-state index < -0.39 is 12.1 Å². The van der Waals surface area contributed by atoms with Crippen molar-refractivity contribution in [1.82, 2.24) is 9.88 Å². The van der Waals surface area contributed by atoms with Crippen LogP contribution in [0.3, 0.4) is 0 Å². The highest BCUT2D eigenvalue weighted by Gasteiger charge is 2.38. The lowest BCUT2D eigenvalue weighted by atomic mass is 9.96. The first-order chi connectivity index (χ1) is 14.5. The molecule has 0 saturated carbocycles. The maximum Gasteiger partial charge on any atom is 0.490 e. The molecule has 2 aromatic rings. The Morgan fingerprint density at radius 2 is 1.84 bits per heavy atom. The molecule has 2 N–H and O–H groups in total. The minimum atomic E-state index is -5.08. The van der Waals surface area contributed by atoms with Gasteiger partial charge in [-0.15, -0.1) is 0 Å². The van der Waals surface area contributed by atoms with E-state index in [1.807, 2.05) is 24.0 Å². The van der Waals surface area contributed by atoms with Crippen molar-refractivity contribution >= 4 is 22.8 Å². The van der Waals surface area contributed by atoms with Gasteiger partial charge in [0.1, 0.15) is 0 Å². The van der Waals surface area contributed by atoms with Crippen LogP contribution in [0.2, 0.25) is 0 Å². The van der Waals surface area contributed by atoms with Crippen LogP contribution in [0.5, 0.6) is 0 Å². The molecule has 1 saturated heterocycles. The van der Waals surface area contributed by atoms with Gasteiger partial charge in [-0.25, -0.2) is 4.79 Å². The maximum absolute atomic E-state index is 13.3. The number of carbonyl (C=O) groups is 2. The van der Waals surface area contributed by atoms with Crippen molar-refractivity contribution in [3.63, 3.8) is 0 Å². The van der Waals surface area contributed by atoms with Crippen LogP contribution < -0.4 is 0 Å². The molecule has 2 heterocycles. The molecule has 0 bridgehead atoms. The minimum absolute atomic E-state index is 0.0758. The average molecular weight is 440 g/mol. The molecule has 1 amide bonds. The fraction of sp³-hybridized carbons (Fsp3) is 0.500. The van der Waals surface area contributed by atoms with Gasteiger partial charge < -0.3 is 15.1 Å².